The predicted molar refractivity (Wildman–Crippen MR) is 99.4 cm³/mol. The molecule has 0 radical (unpaired) electrons. The maximum absolute atomic E-state index is 11.9. The highest BCUT2D eigenvalue weighted by Gasteiger charge is 2.21. The zero-order chi connectivity index (χ0) is 20.1. The van der Waals surface area contributed by atoms with Crippen molar-refractivity contribution in [3.8, 4) is 5.75 Å². The van der Waals surface area contributed by atoms with Gasteiger partial charge in [-0.05, 0) is 38.0 Å². The molecule has 0 aliphatic carbocycles. The van der Waals surface area contributed by atoms with Crippen molar-refractivity contribution in [2.24, 2.45) is 0 Å². The average molecular weight is 374 g/mol. The lowest BCUT2D eigenvalue weighted by Crippen LogP contribution is -2.31. The molecule has 1 unspecified atom stereocenters. The molecule has 0 amide bonds. The Morgan fingerprint density at radius 1 is 1.26 bits per heavy atom. The van der Waals surface area contributed by atoms with E-state index in [4.69, 9.17) is 9.52 Å². The molecule has 3 atom stereocenters. The molecule has 2 rings (SSSR count). The van der Waals surface area contributed by atoms with Gasteiger partial charge in [-0.15, -0.1) is 0 Å². The van der Waals surface area contributed by atoms with Crippen molar-refractivity contribution in [2.45, 2.75) is 38.6 Å². The third kappa shape index (κ3) is 4.91. The van der Waals surface area contributed by atoms with Crippen LogP contribution < -0.4 is 0 Å². The van der Waals surface area contributed by atoms with Gasteiger partial charge in [-0.2, -0.15) is 0 Å². The van der Waals surface area contributed by atoms with Crippen molar-refractivity contribution >= 4 is 28.6 Å². The highest BCUT2D eigenvalue weighted by Crippen LogP contribution is 2.32. The van der Waals surface area contributed by atoms with E-state index in [0.717, 1.165) is 6.08 Å². The molecule has 0 spiro atoms. The fourth-order valence-corrected chi connectivity index (χ4v) is 2.62. The predicted octanol–water partition coefficient (Wildman–Crippen LogP) is 1.97. The lowest BCUT2D eigenvalue weighted by molar-refractivity contribution is -0.126. The topological polar surface area (TPSA) is 128 Å². The monoisotopic (exact) mass is 374 g/mol. The number of rotatable bonds is 8. The summed E-state index contributed by atoms with van der Waals surface area (Å²) in [5, 5.41) is 39.8. The Balaban J connectivity index is 2.28. The molecule has 0 aliphatic heterocycles. The number of benzene rings is 1. The number of aliphatic hydroxyl groups is 3. The van der Waals surface area contributed by atoms with Crippen LogP contribution in [0.25, 0.3) is 17.0 Å². The van der Waals surface area contributed by atoms with Crippen molar-refractivity contribution < 1.29 is 34.4 Å². The van der Waals surface area contributed by atoms with Crippen LogP contribution in [-0.4, -0.2) is 50.3 Å². The molecule has 4 N–H and O–H groups in total. The van der Waals surface area contributed by atoms with Gasteiger partial charge in [0, 0.05) is 11.5 Å². The Kier molecular flexibility index (Phi) is 6.68. The van der Waals surface area contributed by atoms with Crippen LogP contribution in [0, 0.1) is 0 Å². The highest BCUT2D eigenvalue weighted by atomic mass is 16.3. The summed E-state index contributed by atoms with van der Waals surface area (Å²) in [6.07, 6.45) is 2.81. The number of fused-ring (bicyclic) bond motifs is 1. The van der Waals surface area contributed by atoms with Crippen molar-refractivity contribution in [2.75, 3.05) is 0 Å². The third-order valence-corrected chi connectivity index (χ3v) is 3.97. The summed E-state index contributed by atoms with van der Waals surface area (Å²) in [5.74, 6) is -1.37. The molecule has 0 aliphatic rings. The zero-order valence-corrected chi connectivity index (χ0v) is 15.0. The second kappa shape index (κ2) is 8.77. The van der Waals surface area contributed by atoms with Crippen LogP contribution in [0.4, 0.5) is 0 Å². The molecule has 1 aromatic carbocycles. The molecule has 27 heavy (non-hydrogen) atoms. The number of hydrogen-bond acceptors (Lipinski definition) is 7. The van der Waals surface area contributed by atoms with Crippen LogP contribution in [0.2, 0.25) is 0 Å². The number of phenols is 1. The second-order valence-corrected chi connectivity index (χ2v) is 6.26. The van der Waals surface area contributed by atoms with E-state index in [-0.39, 0.29) is 23.5 Å². The molecule has 0 fully saturated rings. The largest absolute Gasteiger partial charge is 0.507 e. The van der Waals surface area contributed by atoms with Crippen LogP contribution in [0.5, 0.6) is 5.75 Å². The summed E-state index contributed by atoms with van der Waals surface area (Å²) in [7, 11) is 0. The minimum Gasteiger partial charge on any atom is -0.507 e. The summed E-state index contributed by atoms with van der Waals surface area (Å²) < 4.78 is 5.23. The van der Waals surface area contributed by atoms with E-state index in [0.29, 0.717) is 16.5 Å². The first kappa shape index (κ1) is 20.6. The number of aromatic hydroxyl groups is 1. The van der Waals surface area contributed by atoms with Crippen LogP contribution in [-0.2, 0) is 4.79 Å². The van der Waals surface area contributed by atoms with Crippen molar-refractivity contribution in [3.05, 3.63) is 47.8 Å². The van der Waals surface area contributed by atoms with Crippen LogP contribution in [0.3, 0.4) is 0 Å². The number of Topliss-reactive ketones (excluding diaryl/α,β-unsaturated/α-hetero) is 1. The van der Waals surface area contributed by atoms with E-state index in [1.807, 2.05) is 0 Å². The Morgan fingerprint density at radius 2 is 1.96 bits per heavy atom. The maximum atomic E-state index is 11.9. The lowest BCUT2D eigenvalue weighted by atomic mass is 9.97. The van der Waals surface area contributed by atoms with Gasteiger partial charge in [-0.3, -0.25) is 9.59 Å². The highest BCUT2D eigenvalue weighted by molar-refractivity contribution is 6.06. The van der Waals surface area contributed by atoms with Gasteiger partial charge in [0.25, 0.3) is 0 Å². The van der Waals surface area contributed by atoms with Gasteiger partial charge in [0.2, 0.25) is 0 Å². The Bertz CT molecular complexity index is 889. The molecule has 7 nitrogen and oxygen atoms in total. The first-order valence-electron chi connectivity index (χ1n) is 8.39. The zero-order valence-electron chi connectivity index (χ0n) is 15.0. The van der Waals surface area contributed by atoms with Gasteiger partial charge in [0.1, 0.15) is 23.5 Å². The molecule has 7 heteroatoms. The number of carbonyl (C=O) groups is 2. The Labute approximate surface area is 155 Å². The van der Waals surface area contributed by atoms with Gasteiger partial charge in [0.05, 0.1) is 17.9 Å². The molecule has 0 bridgehead atoms. The molecule has 0 saturated carbocycles. The fourth-order valence-electron chi connectivity index (χ4n) is 2.62. The summed E-state index contributed by atoms with van der Waals surface area (Å²) in [6, 6.07) is 2.93. The van der Waals surface area contributed by atoms with Crippen molar-refractivity contribution in [3.63, 3.8) is 0 Å². The van der Waals surface area contributed by atoms with Gasteiger partial charge in [0.15, 0.2) is 11.6 Å². The van der Waals surface area contributed by atoms with E-state index >= 15 is 0 Å². The van der Waals surface area contributed by atoms with E-state index in [2.05, 4.69) is 0 Å². The van der Waals surface area contributed by atoms with Crippen molar-refractivity contribution in [1.82, 2.24) is 0 Å². The first-order chi connectivity index (χ1) is 12.7. The number of furan rings is 1. The Hall–Kier alpha value is -2.74. The summed E-state index contributed by atoms with van der Waals surface area (Å²) >= 11 is 0. The first-order valence-corrected chi connectivity index (χ1v) is 8.39. The third-order valence-electron chi connectivity index (χ3n) is 3.97. The molecular weight excluding hydrogens is 352 g/mol. The van der Waals surface area contributed by atoms with Crippen LogP contribution in [0.15, 0.2) is 41.0 Å². The number of hydrogen-bond donors (Lipinski definition) is 4. The van der Waals surface area contributed by atoms with E-state index in [9.17, 15) is 24.9 Å². The SMILES string of the molecule is CC(=O)c1c(O)cc2occc2c1/C=C/C(O)[C@H](O)C(=O)/C=C\C[C@H](C)O. The smallest absolute Gasteiger partial charge is 0.186 e. The van der Waals surface area contributed by atoms with Crippen LogP contribution in [0.1, 0.15) is 36.2 Å². The van der Waals surface area contributed by atoms with E-state index in [1.54, 1.807) is 13.0 Å². The van der Waals surface area contributed by atoms with Gasteiger partial charge in [-0.1, -0.05) is 18.2 Å². The maximum Gasteiger partial charge on any atom is 0.186 e. The number of phenolic OH excluding ortho intramolecular Hbond substituents is 1. The second-order valence-electron chi connectivity index (χ2n) is 6.26. The molecule has 144 valence electrons. The standard InChI is InChI=1S/C20H22O7/c1-11(21)4-3-5-15(23)20(26)16(24)7-6-14-13-8-9-27-18(13)10-17(25)19(14)12(2)22/h3,5-11,16,20-21,24-26H,4H2,1-2H3/b5-3-,7-6+/t11-,16?,20+/m0/s1. The summed E-state index contributed by atoms with van der Waals surface area (Å²) in [4.78, 5) is 23.7. The van der Waals surface area contributed by atoms with Crippen LogP contribution >= 0.6 is 0 Å². The molecule has 2 aromatic rings. The molecule has 0 saturated heterocycles. The van der Waals surface area contributed by atoms with Crippen molar-refractivity contribution in [1.29, 1.82) is 0 Å². The average Bonchev–Trinajstić information content (AvgIpc) is 3.05. The molecular formula is C20H22O7. The minimum absolute atomic E-state index is 0.0463. The minimum atomic E-state index is -1.70. The molecule has 1 heterocycles. The Morgan fingerprint density at radius 3 is 2.59 bits per heavy atom. The number of carbonyl (C=O) groups excluding carboxylic acids is 2. The van der Waals surface area contributed by atoms with E-state index < -0.39 is 24.1 Å². The van der Waals surface area contributed by atoms with E-state index in [1.165, 1.54) is 37.5 Å². The summed E-state index contributed by atoms with van der Waals surface area (Å²) in [6.45, 7) is 2.85. The molecule has 1 aromatic heterocycles. The number of aliphatic hydroxyl groups excluding tert-OH is 3. The number of ketones is 2. The normalized spacial score (nSPS) is 15.4. The summed E-state index contributed by atoms with van der Waals surface area (Å²) in [5.41, 5.74) is 0.712. The quantitative estimate of drug-likeness (QED) is 0.411. The lowest BCUT2D eigenvalue weighted by Gasteiger charge is -2.12. The van der Waals surface area contributed by atoms with Gasteiger partial charge >= 0.3 is 0 Å². The van der Waals surface area contributed by atoms with Gasteiger partial charge < -0.3 is 24.8 Å². The van der Waals surface area contributed by atoms with Gasteiger partial charge in [-0.25, -0.2) is 0 Å². The fraction of sp³-hybridized carbons (Fsp3) is 0.300.